The number of piperazine rings is 1. The summed E-state index contributed by atoms with van der Waals surface area (Å²) in [6.45, 7) is 2.47. The van der Waals surface area contributed by atoms with Crippen molar-refractivity contribution in [3.8, 4) is 0 Å². The molecule has 1 fully saturated rings. The van der Waals surface area contributed by atoms with Crippen LogP contribution in [0.15, 0.2) is 35.7 Å². The number of carbonyl (C=O) groups is 2. The summed E-state index contributed by atoms with van der Waals surface area (Å²) in [4.78, 5) is 39.2. The van der Waals surface area contributed by atoms with E-state index in [1.807, 2.05) is 16.3 Å². The Morgan fingerprint density at radius 1 is 1.22 bits per heavy atom. The number of thiophene rings is 1. The van der Waals surface area contributed by atoms with E-state index in [0.717, 1.165) is 0 Å². The number of nitro benzene ring substituents is 1. The predicted octanol–water partition coefficient (Wildman–Crippen LogP) is 2.71. The first kappa shape index (κ1) is 19.3. The summed E-state index contributed by atoms with van der Waals surface area (Å²) in [5.41, 5.74) is 0.198. The van der Waals surface area contributed by atoms with Crippen LogP contribution < -0.4 is 5.32 Å². The minimum Gasteiger partial charge on any atom is -0.335 e. The molecule has 1 aliphatic rings. The van der Waals surface area contributed by atoms with Crippen LogP contribution in [0.2, 0.25) is 5.02 Å². The molecule has 1 N–H and O–H groups in total. The fraction of sp³-hybridized carbons (Fsp3) is 0.294. The summed E-state index contributed by atoms with van der Waals surface area (Å²) in [6.07, 6.45) is 0. The molecule has 1 aliphatic heterocycles. The van der Waals surface area contributed by atoms with Gasteiger partial charge in [-0.05, 0) is 17.5 Å². The molecule has 8 nitrogen and oxygen atoms in total. The number of hydrogen-bond acceptors (Lipinski definition) is 6. The zero-order chi connectivity index (χ0) is 19.4. The highest BCUT2D eigenvalue weighted by molar-refractivity contribution is 7.12. The molecule has 0 aliphatic carbocycles. The normalized spacial score (nSPS) is 14.8. The first-order chi connectivity index (χ1) is 12.9. The van der Waals surface area contributed by atoms with Crippen molar-refractivity contribution in [2.24, 2.45) is 0 Å². The maximum Gasteiger partial charge on any atom is 0.271 e. The standard InChI is InChI=1S/C17H17ClN4O4S/c18-13-10-12(22(25)26)3-4-14(13)19-16(23)11-20-5-7-21(8-6-20)17(24)15-2-1-9-27-15/h1-4,9-10H,5-8,11H2,(H,19,23). The Kier molecular flexibility index (Phi) is 6.04. The number of nitrogens with zero attached hydrogens (tertiary/aromatic N) is 3. The molecule has 0 radical (unpaired) electrons. The van der Waals surface area contributed by atoms with Gasteiger partial charge in [-0.1, -0.05) is 17.7 Å². The van der Waals surface area contributed by atoms with Crippen LogP contribution in [0.3, 0.4) is 0 Å². The minimum absolute atomic E-state index is 0.0202. The lowest BCUT2D eigenvalue weighted by molar-refractivity contribution is -0.384. The minimum atomic E-state index is -0.547. The van der Waals surface area contributed by atoms with Crippen LogP contribution in [0, 0.1) is 10.1 Å². The van der Waals surface area contributed by atoms with Gasteiger partial charge in [0.1, 0.15) is 0 Å². The molecule has 142 valence electrons. The molecule has 2 heterocycles. The van der Waals surface area contributed by atoms with E-state index in [1.165, 1.54) is 29.5 Å². The highest BCUT2D eigenvalue weighted by Gasteiger charge is 2.24. The van der Waals surface area contributed by atoms with Crippen LogP contribution in [0.1, 0.15) is 9.67 Å². The lowest BCUT2D eigenvalue weighted by Crippen LogP contribution is -2.50. The summed E-state index contributed by atoms with van der Waals surface area (Å²) in [5.74, 6) is -0.240. The van der Waals surface area contributed by atoms with Gasteiger partial charge in [-0.2, -0.15) is 0 Å². The summed E-state index contributed by atoms with van der Waals surface area (Å²) in [6, 6.07) is 7.56. The van der Waals surface area contributed by atoms with Crippen molar-refractivity contribution >= 4 is 46.1 Å². The maximum absolute atomic E-state index is 12.3. The number of benzene rings is 1. The number of rotatable bonds is 5. The second kappa shape index (κ2) is 8.47. The van der Waals surface area contributed by atoms with E-state index in [1.54, 1.807) is 11.0 Å². The van der Waals surface area contributed by atoms with E-state index in [4.69, 9.17) is 11.6 Å². The van der Waals surface area contributed by atoms with Crippen molar-refractivity contribution in [2.75, 3.05) is 38.0 Å². The van der Waals surface area contributed by atoms with Crippen molar-refractivity contribution in [1.29, 1.82) is 0 Å². The van der Waals surface area contributed by atoms with Gasteiger partial charge in [0.15, 0.2) is 0 Å². The number of nitro groups is 1. The number of amides is 2. The quantitative estimate of drug-likeness (QED) is 0.606. The molecule has 2 amide bonds. The fourth-order valence-corrected chi connectivity index (χ4v) is 3.69. The predicted molar refractivity (Wildman–Crippen MR) is 103 cm³/mol. The lowest BCUT2D eigenvalue weighted by Gasteiger charge is -2.34. The summed E-state index contributed by atoms with van der Waals surface area (Å²) in [5, 5.41) is 15.4. The molecular weight excluding hydrogens is 392 g/mol. The number of carbonyl (C=O) groups excluding carboxylic acids is 2. The second-order valence-corrected chi connectivity index (χ2v) is 7.37. The maximum atomic E-state index is 12.3. The van der Waals surface area contributed by atoms with Crippen molar-refractivity contribution in [3.05, 3.63) is 55.7 Å². The lowest BCUT2D eigenvalue weighted by atomic mass is 10.2. The zero-order valence-corrected chi connectivity index (χ0v) is 15.8. The van der Waals surface area contributed by atoms with Crippen LogP contribution in [0.4, 0.5) is 11.4 Å². The third-order valence-corrected chi connectivity index (χ3v) is 5.37. The van der Waals surface area contributed by atoms with Gasteiger partial charge in [0, 0.05) is 38.3 Å². The Bertz CT molecular complexity index is 851. The highest BCUT2D eigenvalue weighted by atomic mass is 35.5. The van der Waals surface area contributed by atoms with Crippen molar-refractivity contribution in [1.82, 2.24) is 9.80 Å². The topological polar surface area (TPSA) is 95.8 Å². The van der Waals surface area contributed by atoms with Crippen LogP contribution >= 0.6 is 22.9 Å². The van der Waals surface area contributed by atoms with E-state index in [0.29, 0.717) is 36.7 Å². The van der Waals surface area contributed by atoms with Crippen LogP contribution in [0.25, 0.3) is 0 Å². The molecule has 0 bridgehead atoms. The molecule has 27 heavy (non-hydrogen) atoms. The number of hydrogen-bond donors (Lipinski definition) is 1. The molecule has 2 aromatic rings. The molecular formula is C17H17ClN4O4S. The van der Waals surface area contributed by atoms with Gasteiger partial charge in [0.2, 0.25) is 5.91 Å². The number of nitrogens with one attached hydrogen (secondary N) is 1. The molecule has 0 saturated carbocycles. The third-order valence-electron chi connectivity index (χ3n) is 4.20. The Hall–Kier alpha value is -2.49. The van der Waals surface area contributed by atoms with Gasteiger partial charge in [0.05, 0.1) is 27.1 Å². The van der Waals surface area contributed by atoms with Gasteiger partial charge in [-0.3, -0.25) is 24.6 Å². The van der Waals surface area contributed by atoms with Gasteiger partial charge >= 0.3 is 0 Å². The van der Waals surface area contributed by atoms with E-state index in [2.05, 4.69) is 5.32 Å². The van der Waals surface area contributed by atoms with Crippen molar-refractivity contribution < 1.29 is 14.5 Å². The van der Waals surface area contributed by atoms with E-state index >= 15 is 0 Å². The smallest absolute Gasteiger partial charge is 0.271 e. The zero-order valence-electron chi connectivity index (χ0n) is 14.3. The number of halogens is 1. The van der Waals surface area contributed by atoms with E-state index in [-0.39, 0.29) is 29.1 Å². The van der Waals surface area contributed by atoms with E-state index in [9.17, 15) is 19.7 Å². The molecule has 1 saturated heterocycles. The first-order valence-electron chi connectivity index (χ1n) is 8.23. The molecule has 1 aromatic carbocycles. The third kappa shape index (κ3) is 4.82. The first-order valence-corrected chi connectivity index (χ1v) is 9.49. The van der Waals surface area contributed by atoms with Crippen LogP contribution in [-0.2, 0) is 4.79 Å². The van der Waals surface area contributed by atoms with E-state index < -0.39 is 4.92 Å². The molecule has 0 spiro atoms. The Morgan fingerprint density at radius 2 is 1.96 bits per heavy atom. The molecule has 3 rings (SSSR count). The Balaban J connectivity index is 1.50. The van der Waals surface area contributed by atoms with Gasteiger partial charge in [-0.15, -0.1) is 11.3 Å². The van der Waals surface area contributed by atoms with Gasteiger partial charge in [0.25, 0.3) is 11.6 Å². The molecule has 0 unspecified atom stereocenters. The summed E-state index contributed by atoms with van der Waals surface area (Å²) < 4.78 is 0. The number of anilines is 1. The van der Waals surface area contributed by atoms with Crippen LogP contribution in [-0.4, -0.2) is 59.3 Å². The summed E-state index contributed by atoms with van der Waals surface area (Å²) >= 11 is 7.41. The van der Waals surface area contributed by atoms with Crippen molar-refractivity contribution in [2.45, 2.75) is 0 Å². The largest absolute Gasteiger partial charge is 0.335 e. The molecule has 0 atom stereocenters. The molecule has 10 heteroatoms. The SMILES string of the molecule is O=C(CN1CCN(C(=O)c2cccs2)CC1)Nc1ccc([N+](=O)[O-])cc1Cl. The van der Waals surface area contributed by atoms with Crippen LogP contribution in [0.5, 0.6) is 0 Å². The molecule has 1 aromatic heterocycles. The average molecular weight is 409 g/mol. The highest BCUT2D eigenvalue weighted by Crippen LogP contribution is 2.26. The second-order valence-electron chi connectivity index (χ2n) is 6.02. The van der Waals surface area contributed by atoms with Gasteiger partial charge < -0.3 is 10.2 Å². The summed E-state index contributed by atoms with van der Waals surface area (Å²) in [7, 11) is 0. The van der Waals surface area contributed by atoms with Gasteiger partial charge in [-0.25, -0.2) is 0 Å². The Morgan fingerprint density at radius 3 is 2.56 bits per heavy atom. The number of non-ortho nitro benzene ring substituents is 1. The monoisotopic (exact) mass is 408 g/mol. The Labute approximate surface area is 164 Å². The van der Waals surface area contributed by atoms with Crippen molar-refractivity contribution in [3.63, 3.8) is 0 Å². The average Bonchev–Trinajstić information content (AvgIpc) is 3.18. The fourth-order valence-electron chi connectivity index (χ4n) is 2.78.